The smallest absolute Gasteiger partial charge is 0.451 e. The second-order valence-electron chi connectivity index (χ2n) is 8.29. The minimum Gasteiger partial charge on any atom is -0.451 e. The van der Waals surface area contributed by atoms with E-state index in [0.29, 0.717) is 37.9 Å². The zero-order valence-corrected chi connectivity index (χ0v) is 22.7. The molecule has 1 aliphatic carbocycles. The first-order valence-electron chi connectivity index (χ1n) is 11.6. The summed E-state index contributed by atoms with van der Waals surface area (Å²) in [6, 6.07) is 0.627. The van der Waals surface area contributed by atoms with Crippen LogP contribution in [0.3, 0.4) is 0 Å². The summed E-state index contributed by atoms with van der Waals surface area (Å²) in [5.74, 6) is -0.354. The molecule has 9 heteroatoms. The van der Waals surface area contributed by atoms with Crippen molar-refractivity contribution in [2.45, 2.75) is 84.0 Å². The van der Waals surface area contributed by atoms with Gasteiger partial charge < -0.3 is 26.9 Å². The van der Waals surface area contributed by atoms with Gasteiger partial charge in [0.15, 0.2) is 5.22 Å². The number of hydrogen-bond donors (Lipinski definition) is 0. The van der Waals surface area contributed by atoms with E-state index in [-0.39, 0.29) is 5.92 Å². The van der Waals surface area contributed by atoms with Crippen LogP contribution in [-0.2, 0) is 31.7 Å². The van der Waals surface area contributed by atoms with Crippen LogP contribution in [0, 0.1) is 5.92 Å². The summed E-state index contributed by atoms with van der Waals surface area (Å²) in [5, 5.41) is -1.02. The lowest BCUT2D eigenvalue weighted by atomic mass is 9.83. The lowest BCUT2D eigenvalue weighted by Crippen LogP contribution is -2.70. The van der Waals surface area contributed by atoms with Crippen LogP contribution in [0.4, 0.5) is 0 Å². The zero-order valence-electron chi connectivity index (χ0n) is 20.7. The van der Waals surface area contributed by atoms with Gasteiger partial charge in [-0.2, -0.15) is 0 Å². The van der Waals surface area contributed by atoms with E-state index < -0.39 is 28.6 Å². The molecular weight excluding hydrogens is 432 g/mol. The third-order valence-corrected chi connectivity index (χ3v) is 12.9. The van der Waals surface area contributed by atoms with Crippen molar-refractivity contribution in [1.82, 2.24) is 0 Å². The Hall–Kier alpha value is -0.556. The van der Waals surface area contributed by atoms with Crippen molar-refractivity contribution >= 4 is 23.3 Å². The number of hydrogen-bond acceptors (Lipinski definition) is 7. The van der Waals surface area contributed by atoms with Crippen LogP contribution in [0.15, 0.2) is 12.2 Å². The number of carbonyl (C=O) groups excluding carboxylic acids is 1. The van der Waals surface area contributed by atoms with Gasteiger partial charge in [-0.25, -0.2) is 4.79 Å². The number of rotatable bonds is 15. The van der Waals surface area contributed by atoms with Crippen molar-refractivity contribution in [2.24, 2.45) is 5.92 Å². The van der Waals surface area contributed by atoms with Gasteiger partial charge in [-0.3, -0.25) is 0 Å². The van der Waals surface area contributed by atoms with Gasteiger partial charge in [0.2, 0.25) is 0 Å². The van der Waals surface area contributed by atoms with Gasteiger partial charge in [-0.1, -0.05) is 25.8 Å². The molecule has 1 rings (SSSR count). The molecule has 1 unspecified atom stereocenters. The number of carbonyl (C=O) groups is 1. The van der Waals surface area contributed by atoms with E-state index in [1.807, 2.05) is 27.3 Å². The zero-order chi connectivity index (χ0) is 23.5. The third-order valence-electron chi connectivity index (χ3n) is 6.22. The van der Waals surface area contributed by atoms with Crippen LogP contribution in [0.5, 0.6) is 0 Å². The quantitative estimate of drug-likeness (QED) is 0.191. The molecular formula is C22H44O7Si2. The molecule has 0 aromatic heterocycles. The van der Waals surface area contributed by atoms with Crippen molar-refractivity contribution in [1.29, 1.82) is 0 Å². The van der Waals surface area contributed by atoms with Gasteiger partial charge in [-0.15, -0.1) is 0 Å². The van der Waals surface area contributed by atoms with Crippen molar-refractivity contribution < 1.29 is 31.7 Å². The summed E-state index contributed by atoms with van der Waals surface area (Å²) in [6.45, 7) is 14.5. The normalized spacial score (nSPS) is 17.9. The Morgan fingerprint density at radius 1 is 0.968 bits per heavy atom. The van der Waals surface area contributed by atoms with Gasteiger partial charge in [0.1, 0.15) is 0 Å². The molecule has 0 N–H and O–H groups in total. The SMILES string of the molecule is C=C(C)C(=O)OC(CC[Si](C)(OC)OC)(C1CCCCC1)[Si](OCC)(OCC)OCC. The Kier molecular flexibility index (Phi) is 12.1. The highest BCUT2D eigenvalue weighted by Crippen LogP contribution is 2.47. The Morgan fingerprint density at radius 3 is 1.84 bits per heavy atom. The van der Waals surface area contributed by atoms with Crippen LogP contribution in [0.1, 0.15) is 66.2 Å². The van der Waals surface area contributed by atoms with Crippen LogP contribution in [0.25, 0.3) is 0 Å². The van der Waals surface area contributed by atoms with E-state index in [0.717, 1.165) is 25.7 Å². The summed E-state index contributed by atoms with van der Waals surface area (Å²) < 4.78 is 37.0. The van der Waals surface area contributed by atoms with Crippen LogP contribution < -0.4 is 0 Å². The van der Waals surface area contributed by atoms with Gasteiger partial charge in [0, 0.05) is 45.5 Å². The fourth-order valence-corrected chi connectivity index (χ4v) is 9.60. The number of esters is 1. The van der Waals surface area contributed by atoms with E-state index in [2.05, 4.69) is 6.58 Å². The standard InChI is InChI=1S/C22H44O7Si2/c1-9-26-31(27-10-2,28-11-3)22(29-21(23)19(4)5,20-15-13-12-14-16-20)17-18-30(8,24-6)25-7/h20H,4,9-18H2,1-3,5-8H3. The second kappa shape index (κ2) is 13.2. The van der Waals surface area contributed by atoms with Crippen molar-refractivity contribution in [3.63, 3.8) is 0 Å². The Bertz CT molecular complexity index is 545. The fraction of sp³-hybridized carbons (Fsp3) is 0.864. The minimum atomic E-state index is -3.47. The van der Waals surface area contributed by atoms with Gasteiger partial charge in [0.25, 0.3) is 0 Å². The predicted molar refractivity (Wildman–Crippen MR) is 126 cm³/mol. The second-order valence-corrected chi connectivity index (χ2v) is 14.7. The van der Waals surface area contributed by atoms with E-state index in [4.69, 9.17) is 26.9 Å². The highest BCUT2D eigenvalue weighted by atomic mass is 28.4. The van der Waals surface area contributed by atoms with E-state index in [9.17, 15) is 4.79 Å². The molecule has 31 heavy (non-hydrogen) atoms. The minimum absolute atomic E-state index is 0.0767. The molecule has 1 saturated carbocycles. The lowest BCUT2D eigenvalue weighted by Gasteiger charge is -2.50. The first kappa shape index (κ1) is 28.5. The molecule has 1 aliphatic rings. The average Bonchev–Trinajstić information content (AvgIpc) is 2.77. The lowest BCUT2D eigenvalue weighted by molar-refractivity contribution is -0.163. The van der Waals surface area contributed by atoms with Crippen molar-refractivity contribution in [3.05, 3.63) is 12.2 Å². The molecule has 7 nitrogen and oxygen atoms in total. The summed E-state index contributed by atoms with van der Waals surface area (Å²) in [7, 11) is -2.57. The first-order valence-corrected chi connectivity index (χ1v) is 15.9. The molecule has 0 heterocycles. The van der Waals surface area contributed by atoms with Gasteiger partial charge in [-0.05, 0) is 59.5 Å². The Morgan fingerprint density at radius 2 is 1.45 bits per heavy atom. The Labute approximate surface area is 191 Å². The summed E-state index contributed by atoms with van der Waals surface area (Å²) in [6.07, 6.45) is 5.71. The maximum absolute atomic E-state index is 13.0. The number of ether oxygens (including phenoxy) is 1. The highest BCUT2D eigenvalue weighted by Gasteiger charge is 2.68. The summed E-state index contributed by atoms with van der Waals surface area (Å²) >= 11 is 0. The monoisotopic (exact) mass is 476 g/mol. The topological polar surface area (TPSA) is 72.5 Å². The van der Waals surface area contributed by atoms with E-state index >= 15 is 0 Å². The molecule has 0 amide bonds. The average molecular weight is 477 g/mol. The molecule has 0 bridgehead atoms. The third kappa shape index (κ3) is 6.96. The maximum Gasteiger partial charge on any atom is 0.547 e. The van der Waals surface area contributed by atoms with Gasteiger partial charge >= 0.3 is 23.3 Å². The summed E-state index contributed by atoms with van der Waals surface area (Å²) in [5.41, 5.74) is 0.353. The van der Waals surface area contributed by atoms with Crippen LogP contribution >= 0.6 is 0 Å². The predicted octanol–water partition coefficient (Wildman–Crippen LogP) is 4.77. The molecule has 0 radical (unpaired) electrons. The molecule has 0 saturated heterocycles. The molecule has 0 spiro atoms. The molecule has 182 valence electrons. The van der Waals surface area contributed by atoms with Crippen molar-refractivity contribution in [2.75, 3.05) is 34.0 Å². The molecule has 0 aliphatic heterocycles. The van der Waals surface area contributed by atoms with E-state index in [1.54, 1.807) is 21.1 Å². The summed E-state index contributed by atoms with van der Waals surface area (Å²) in [4.78, 5) is 13.0. The molecule has 1 fully saturated rings. The molecule has 0 aromatic carbocycles. The van der Waals surface area contributed by atoms with Crippen LogP contribution in [0.2, 0.25) is 12.6 Å². The maximum atomic E-state index is 13.0. The Balaban J connectivity index is 3.66. The van der Waals surface area contributed by atoms with Gasteiger partial charge in [0.05, 0.1) is 0 Å². The molecule has 0 aromatic rings. The highest BCUT2D eigenvalue weighted by molar-refractivity contribution is 6.67. The first-order chi connectivity index (χ1) is 14.7. The van der Waals surface area contributed by atoms with E-state index in [1.165, 1.54) is 6.42 Å². The van der Waals surface area contributed by atoms with Crippen molar-refractivity contribution in [3.8, 4) is 0 Å². The molecule has 1 atom stereocenters. The van der Waals surface area contributed by atoms with Crippen LogP contribution in [-0.4, -0.2) is 62.6 Å². The largest absolute Gasteiger partial charge is 0.547 e. The fourth-order valence-electron chi connectivity index (χ4n) is 4.39.